The zero-order chi connectivity index (χ0) is 13.5. The molecule has 0 heterocycles. The maximum Gasteiger partial charge on any atom is 0.253 e. The molecule has 1 rings (SSSR count). The summed E-state index contributed by atoms with van der Waals surface area (Å²) in [7, 11) is 0. The van der Waals surface area contributed by atoms with E-state index in [1.165, 1.54) is 0 Å². The maximum atomic E-state index is 12.0. The van der Waals surface area contributed by atoms with Gasteiger partial charge in [-0.15, -0.1) is 0 Å². The average molecular weight is 249 g/mol. The van der Waals surface area contributed by atoms with Crippen molar-refractivity contribution in [1.82, 2.24) is 5.32 Å². The van der Waals surface area contributed by atoms with Crippen LogP contribution in [-0.4, -0.2) is 24.9 Å². The lowest BCUT2D eigenvalue weighted by Crippen LogP contribution is -2.26. The number of carbonyl (C=O) groups is 2. The van der Waals surface area contributed by atoms with Crippen LogP contribution in [0.15, 0.2) is 18.2 Å². The van der Waals surface area contributed by atoms with E-state index in [0.29, 0.717) is 24.2 Å². The van der Waals surface area contributed by atoms with Crippen molar-refractivity contribution in [2.24, 2.45) is 5.73 Å². The number of nitrogens with one attached hydrogen (secondary N) is 2. The van der Waals surface area contributed by atoms with Crippen LogP contribution in [0.5, 0.6) is 0 Å². The van der Waals surface area contributed by atoms with Gasteiger partial charge in [0.2, 0.25) is 5.91 Å². The highest BCUT2D eigenvalue weighted by Crippen LogP contribution is 2.20. The van der Waals surface area contributed by atoms with Crippen LogP contribution < -0.4 is 16.4 Å². The molecule has 0 atom stereocenters. The van der Waals surface area contributed by atoms with Gasteiger partial charge in [-0.25, -0.2) is 0 Å². The first kappa shape index (κ1) is 14.0. The lowest BCUT2D eigenvalue weighted by Gasteiger charge is -2.14. The number of rotatable bonds is 6. The summed E-state index contributed by atoms with van der Waals surface area (Å²) in [5.41, 5.74) is 7.07. The summed E-state index contributed by atoms with van der Waals surface area (Å²) in [6.07, 6.45) is 0.0612. The third kappa shape index (κ3) is 3.48. The number of amides is 2. The Morgan fingerprint density at radius 2 is 1.94 bits per heavy atom. The molecular formula is C13H19N3O2. The Hall–Kier alpha value is -2.04. The largest absolute Gasteiger partial charge is 0.385 e. The zero-order valence-electron chi connectivity index (χ0n) is 10.7. The number of nitrogens with two attached hydrogens (primary N) is 1. The SMILES string of the molecule is CCNC(=O)c1c(CC(N)=O)cccc1NCC. The fourth-order valence-corrected chi connectivity index (χ4v) is 1.79. The molecule has 1 aromatic carbocycles. The summed E-state index contributed by atoms with van der Waals surface area (Å²) in [5.74, 6) is -0.639. The molecule has 0 radical (unpaired) electrons. The van der Waals surface area contributed by atoms with Crippen LogP contribution >= 0.6 is 0 Å². The standard InChI is InChI=1S/C13H19N3O2/c1-3-15-10-7-5-6-9(8-11(14)17)12(10)13(18)16-4-2/h5-7,15H,3-4,8H2,1-2H3,(H2,14,17)(H,16,18). The monoisotopic (exact) mass is 249 g/mol. The molecule has 0 spiro atoms. The first-order chi connectivity index (χ1) is 8.60. The van der Waals surface area contributed by atoms with Gasteiger partial charge < -0.3 is 16.4 Å². The van der Waals surface area contributed by atoms with Crippen molar-refractivity contribution in [1.29, 1.82) is 0 Å². The smallest absolute Gasteiger partial charge is 0.253 e. The van der Waals surface area contributed by atoms with Gasteiger partial charge in [0, 0.05) is 18.8 Å². The lowest BCUT2D eigenvalue weighted by atomic mass is 10.0. The van der Waals surface area contributed by atoms with E-state index in [4.69, 9.17) is 5.73 Å². The quantitative estimate of drug-likeness (QED) is 0.700. The number of hydrogen-bond acceptors (Lipinski definition) is 3. The van der Waals surface area contributed by atoms with Crippen molar-refractivity contribution in [2.75, 3.05) is 18.4 Å². The van der Waals surface area contributed by atoms with Crippen molar-refractivity contribution >= 4 is 17.5 Å². The fourth-order valence-electron chi connectivity index (χ4n) is 1.79. The second-order valence-electron chi connectivity index (χ2n) is 3.87. The van der Waals surface area contributed by atoms with Gasteiger partial charge in [0.25, 0.3) is 5.91 Å². The summed E-state index contributed by atoms with van der Waals surface area (Å²) < 4.78 is 0. The van der Waals surface area contributed by atoms with Gasteiger partial charge in [-0.2, -0.15) is 0 Å². The Labute approximate surface area is 107 Å². The van der Waals surface area contributed by atoms with Crippen molar-refractivity contribution in [3.05, 3.63) is 29.3 Å². The van der Waals surface area contributed by atoms with Crippen molar-refractivity contribution in [3.63, 3.8) is 0 Å². The molecule has 1 aromatic rings. The number of benzene rings is 1. The van der Waals surface area contributed by atoms with Gasteiger partial charge in [-0.1, -0.05) is 12.1 Å². The molecule has 0 aromatic heterocycles. The molecule has 0 saturated carbocycles. The Morgan fingerprint density at radius 1 is 1.22 bits per heavy atom. The summed E-state index contributed by atoms with van der Waals surface area (Å²) >= 11 is 0. The minimum absolute atomic E-state index is 0.0612. The zero-order valence-corrected chi connectivity index (χ0v) is 10.7. The lowest BCUT2D eigenvalue weighted by molar-refractivity contribution is -0.117. The predicted octanol–water partition coefficient (Wildman–Crippen LogP) is 0.896. The van der Waals surface area contributed by atoms with E-state index in [-0.39, 0.29) is 12.3 Å². The summed E-state index contributed by atoms with van der Waals surface area (Å²) in [4.78, 5) is 23.1. The topological polar surface area (TPSA) is 84.2 Å². The molecule has 0 aliphatic rings. The van der Waals surface area contributed by atoms with Gasteiger partial charge >= 0.3 is 0 Å². The minimum Gasteiger partial charge on any atom is -0.385 e. The highest BCUT2D eigenvalue weighted by Gasteiger charge is 2.16. The Morgan fingerprint density at radius 3 is 2.50 bits per heavy atom. The van der Waals surface area contributed by atoms with Crippen LogP contribution in [0.4, 0.5) is 5.69 Å². The number of hydrogen-bond donors (Lipinski definition) is 3. The second-order valence-corrected chi connectivity index (χ2v) is 3.87. The van der Waals surface area contributed by atoms with E-state index in [2.05, 4.69) is 10.6 Å². The molecule has 0 fully saturated rings. The molecule has 0 unspecified atom stereocenters. The molecule has 0 aliphatic carbocycles. The van der Waals surface area contributed by atoms with Crippen LogP contribution in [0.2, 0.25) is 0 Å². The van der Waals surface area contributed by atoms with Gasteiger partial charge in [0.15, 0.2) is 0 Å². The van der Waals surface area contributed by atoms with E-state index < -0.39 is 5.91 Å². The second kappa shape index (κ2) is 6.64. The van der Waals surface area contributed by atoms with Gasteiger partial charge in [0.1, 0.15) is 0 Å². The molecule has 2 amide bonds. The minimum atomic E-state index is -0.450. The highest BCUT2D eigenvalue weighted by molar-refractivity contribution is 6.02. The maximum absolute atomic E-state index is 12.0. The molecule has 0 aliphatic heterocycles. The highest BCUT2D eigenvalue weighted by atomic mass is 16.2. The average Bonchev–Trinajstić information content (AvgIpc) is 2.29. The molecule has 18 heavy (non-hydrogen) atoms. The van der Waals surface area contributed by atoms with Crippen LogP contribution in [0.1, 0.15) is 29.8 Å². The third-order valence-electron chi connectivity index (χ3n) is 2.45. The third-order valence-corrected chi connectivity index (χ3v) is 2.45. The van der Waals surface area contributed by atoms with Gasteiger partial charge in [0.05, 0.1) is 12.0 Å². The Kier molecular flexibility index (Phi) is 5.17. The predicted molar refractivity (Wildman–Crippen MR) is 71.5 cm³/mol. The summed E-state index contributed by atoms with van der Waals surface area (Å²) in [6, 6.07) is 5.37. The van der Waals surface area contributed by atoms with Crippen molar-refractivity contribution < 1.29 is 9.59 Å². The van der Waals surface area contributed by atoms with Crippen molar-refractivity contribution in [3.8, 4) is 0 Å². The number of primary amides is 1. The number of anilines is 1. The Bertz CT molecular complexity index is 444. The van der Waals surface area contributed by atoms with Crippen LogP contribution in [-0.2, 0) is 11.2 Å². The van der Waals surface area contributed by atoms with Crippen LogP contribution in [0, 0.1) is 0 Å². The van der Waals surface area contributed by atoms with E-state index in [9.17, 15) is 9.59 Å². The van der Waals surface area contributed by atoms with Crippen LogP contribution in [0.25, 0.3) is 0 Å². The van der Waals surface area contributed by atoms with Gasteiger partial charge in [-0.3, -0.25) is 9.59 Å². The van der Waals surface area contributed by atoms with Crippen molar-refractivity contribution in [2.45, 2.75) is 20.3 Å². The van der Waals surface area contributed by atoms with E-state index in [0.717, 1.165) is 5.69 Å². The summed E-state index contributed by atoms with van der Waals surface area (Å²) in [5, 5.41) is 5.86. The van der Waals surface area contributed by atoms with E-state index in [1.807, 2.05) is 19.9 Å². The van der Waals surface area contributed by atoms with Gasteiger partial charge in [-0.05, 0) is 25.5 Å². The number of carbonyl (C=O) groups excluding carboxylic acids is 2. The first-order valence-corrected chi connectivity index (χ1v) is 6.02. The van der Waals surface area contributed by atoms with Crippen LogP contribution in [0.3, 0.4) is 0 Å². The molecular weight excluding hydrogens is 230 g/mol. The molecule has 0 bridgehead atoms. The molecule has 5 nitrogen and oxygen atoms in total. The molecule has 4 N–H and O–H groups in total. The summed E-state index contributed by atoms with van der Waals surface area (Å²) in [6.45, 7) is 5.03. The molecule has 5 heteroatoms. The fraction of sp³-hybridized carbons (Fsp3) is 0.385. The Balaban J connectivity index is 3.19. The molecule has 0 saturated heterocycles. The van der Waals surface area contributed by atoms with E-state index >= 15 is 0 Å². The first-order valence-electron chi connectivity index (χ1n) is 6.02. The normalized spacial score (nSPS) is 9.89. The van der Waals surface area contributed by atoms with E-state index in [1.54, 1.807) is 12.1 Å². The molecule has 98 valence electrons.